The average Bonchev–Trinajstić information content (AvgIpc) is 3.20. The van der Waals surface area contributed by atoms with Crippen molar-refractivity contribution in [3.63, 3.8) is 0 Å². The molecular weight excluding hydrogens is 422 g/mol. The number of amides is 1. The Kier molecular flexibility index (Phi) is 7.76. The minimum atomic E-state index is -0.0358. The number of carbonyl (C=O) groups excluding carboxylic acids is 1. The molecule has 3 N–H and O–H groups in total. The standard InChI is InChI=1S/C19H20ClN7O2.CH4O/c1-26-11-14(9-23-26)24-19-22-10-16(20)18(25-19)21-8-13-3-2-4-15(7-13)27-5-6-29-12-17(27)28;1-2/h2-4,7,9-11H,5-6,8,12H2,1H3,(H2,21,22,24,25);2H,1H3. The third kappa shape index (κ3) is 5.91. The summed E-state index contributed by atoms with van der Waals surface area (Å²) in [6.07, 6.45) is 5.05. The third-order valence-corrected chi connectivity index (χ3v) is 4.65. The van der Waals surface area contributed by atoms with Gasteiger partial charge in [-0.3, -0.25) is 9.48 Å². The Morgan fingerprint density at radius 2 is 2.13 bits per heavy atom. The van der Waals surface area contributed by atoms with Crippen molar-refractivity contribution in [3.8, 4) is 0 Å². The highest BCUT2D eigenvalue weighted by molar-refractivity contribution is 6.32. The monoisotopic (exact) mass is 445 g/mol. The van der Waals surface area contributed by atoms with Gasteiger partial charge in [0.1, 0.15) is 11.6 Å². The number of aryl methyl sites for hydroxylation is 1. The van der Waals surface area contributed by atoms with Gasteiger partial charge < -0.3 is 25.4 Å². The van der Waals surface area contributed by atoms with Crippen LogP contribution in [0.5, 0.6) is 0 Å². The molecule has 0 radical (unpaired) electrons. The first-order chi connectivity index (χ1) is 15.1. The van der Waals surface area contributed by atoms with Gasteiger partial charge in [-0.1, -0.05) is 23.7 Å². The fourth-order valence-corrected chi connectivity index (χ4v) is 3.14. The maximum Gasteiger partial charge on any atom is 0.253 e. The van der Waals surface area contributed by atoms with E-state index in [1.807, 2.05) is 37.5 Å². The van der Waals surface area contributed by atoms with E-state index in [2.05, 4.69) is 25.7 Å². The molecule has 0 unspecified atom stereocenters. The lowest BCUT2D eigenvalue weighted by Crippen LogP contribution is -2.41. The maximum absolute atomic E-state index is 12.1. The fraction of sp³-hybridized carbons (Fsp3) is 0.300. The summed E-state index contributed by atoms with van der Waals surface area (Å²) in [5, 5.41) is 17.8. The summed E-state index contributed by atoms with van der Waals surface area (Å²) < 4.78 is 6.88. The summed E-state index contributed by atoms with van der Waals surface area (Å²) >= 11 is 6.24. The van der Waals surface area contributed by atoms with E-state index in [1.165, 1.54) is 0 Å². The zero-order chi connectivity index (χ0) is 22.2. The van der Waals surface area contributed by atoms with Crippen molar-refractivity contribution in [2.45, 2.75) is 6.54 Å². The molecule has 2 aromatic heterocycles. The molecule has 1 amide bonds. The van der Waals surface area contributed by atoms with E-state index in [9.17, 15) is 4.79 Å². The lowest BCUT2D eigenvalue weighted by atomic mass is 10.1. The van der Waals surface area contributed by atoms with Crippen molar-refractivity contribution >= 4 is 40.6 Å². The SMILES string of the molecule is CO.Cn1cc(Nc2ncc(Cl)c(NCc3cccc(N4CCOCC4=O)c3)n2)cn1. The second kappa shape index (κ2) is 10.7. The Morgan fingerprint density at radius 1 is 1.29 bits per heavy atom. The van der Waals surface area contributed by atoms with Crippen molar-refractivity contribution in [1.29, 1.82) is 0 Å². The predicted molar refractivity (Wildman–Crippen MR) is 119 cm³/mol. The summed E-state index contributed by atoms with van der Waals surface area (Å²) in [7, 11) is 2.83. The molecule has 1 aliphatic heterocycles. The maximum atomic E-state index is 12.1. The van der Waals surface area contributed by atoms with Gasteiger partial charge in [-0.05, 0) is 17.7 Å². The van der Waals surface area contributed by atoms with Crippen LogP contribution in [-0.2, 0) is 23.1 Å². The average molecular weight is 446 g/mol. The largest absolute Gasteiger partial charge is 0.400 e. The highest BCUT2D eigenvalue weighted by Gasteiger charge is 2.20. The molecule has 4 rings (SSSR count). The van der Waals surface area contributed by atoms with Gasteiger partial charge in [0.2, 0.25) is 5.95 Å². The van der Waals surface area contributed by atoms with Crippen molar-refractivity contribution in [3.05, 3.63) is 53.4 Å². The minimum absolute atomic E-state index is 0.0358. The first-order valence-electron chi connectivity index (χ1n) is 9.52. The summed E-state index contributed by atoms with van der Waals surface area (Å²) in [6, 6.07) is 7.79. The second-order valence-electron chi connectivity index (χ2n) is 6.54. The van der Waals surface area contributed by atoms with Crippen molar-refractivity contribution in [1.82, 2.24) is 19.7 Å². The van der Waals surface area contributed by atoms with Crippen molar-refractivity contribution < 1.29 is 14.6 Å². The lowest BCUT2D eigenvalue weighted by Gasteiger charge is -2.27. The van der Waals surface area contributed by atoms with Crippen LogP contribution in [0.15, 0.2) is 42.9 Å². The lowest BCUT2D eigenvalue weighted by molar-refractivity contribution is -0.125. The first kappa shape index (κ1) is 22.5. The first-order valence-corrected chi connectivity index (χ1v) is 9.90. The quantitative estimate of drug-likeness (QED) is 0.528. The molecule has 0 bridgehead atoms. The van der Waals surface area contributed by atoms with E-state index in [0.29, 0.717) is 36.5 Å². The number of hydrogen-bond acceptors (Lipinski definition) is 8. The molecule has 0 spiro atoms. The number of benzene rings is 1. The van der Waals surface area contributed by atoms with Gasteiger partial charge in [0, 0.05) is 39.1 Å². The molecule has 0 aliphatic carbocycles. The molecule has 0 saturated carbocycles. The summed E-state index contributed by atoms with van der Waals surface area (Å²) in [5.74, 6) is 0.893. The van der Waals surface area contributed by atoms with Crippen LogP contribution in [0, 0.1) is 0 Å². The number of nitrogens with zero attached hydrogens (tertiary/aromatic N) is 5. The number of aromatic nitrogens is 4. The predicted octanol–water partition coefficient (Wildman–Crippen LogP) is 2.19. The van der Waals surface area contributed by atoms with Crippen molar-refractivity contribution in [2.24, 2.45) is 7.05 Å². The number of aliphatic hydroxyl groups excluding tert-OH is 1. The smallest absolute Gasteiger partial charge is 0.253 e. The molecule has 11 heteroatoms. The number of morpholine rings is 1. The van der Waals surface area contributed by atoms with Gasteiger partial charge in [-0.25, -0.2) is 4.98 Å². The normalized spacial score (nSPS) is 13.4. The van der Waals surface area contributed by atoms with Gasteiger partial charge in [-0.2, -0.15) is 10.1 Å². The fourth-order valence-electron chi connectivity index (χ4n) is 2.98. The van der Waals surface area contributed by atoms with Crippen LogP contribution in [0.1, 0.15) is 5.56 Å². The van der Waals surface area contributed by atoms with Gasteiger partial charge in [0.15, 0.2) is 5.82 Å². The number of carbonyl (C=O) groups is 1. The van der Waals surface area contributed by atoms with Crippen LogP contribution in [0.3, 0.4) is 0 Å². The molecule has 3 heterocycles. The molecule has 1 saturated heterocycles. The molecule has 0 atom stereocenters. The van der Waals surface area contributed by atoms with E-state index in [-0.39, 0.29) is 12.5 Å². The van der Waals surface area contributed by atoms with Crippen LogP contribution in [0.4, 0.5) is 23.1 Å². The summed E-state index contributed by atoms with van der Waals surface area (Å²) in [6.45, 7) is 1.70. The number of anilines is 4. The molecular formula is C20H24ClN7O3. The number of aliphatic hydroxyl groups is 1. The molecule has 1 aliphatic rings. The van der Waals surface area contributed by atoms with E-state index in [0.717, 1.165) is 24.0 Å². The minimum Gasteiger partial charge on any atom is -0.400 e. The van der Waals surface area contributed by atoms with Crippen LogP contribution < -0.4 is 15.5 Å². The topological polar surface area (TPSA) is 117 Å². The number of ether oxygens (including phenoxy) is 1. The Balaban J connectivity index is 0.00000132. The Labute approximate surface area is 184 Å². The van der Waals surface area contributed by atoms with Crippen molar-refractivity contribution in [2.75, 3.05) is 42.4 Å². The number of halogens is 1. The molecule has 164 valence electrons. The highest BCUT2D eigenvalue weighted by Crippen LogP contribution is 2.23. The number of nitrogens with one attached hydrogen (secondary N) is 2. The zero-order valence-electron chi connectivity index (χ0n) is 17.2. The van der Waals surface area contributed by atoms with Crippen LogP contribution in [0.2, 0.25) is 5.02 Å². The summed E-state index contributed by atoms with van der Waals surface area (Å²) in [4.78, 5) is 22.4. The second-order valence-corrected chi connectivity index (χ2v) is 6.95. The van der Waals surface area contributed by atoms with Crippen LogP contribution in [0.25, 0.3) is 0 Å². The van der Waals surface area contributed by atoms with Crippen LogP contribution in [-0.4, -0.2) is 57.6 Å². The molecule has 1 aromatic carbocycles. The van der Waals surface area contributed by atoms with Gasteiger partial charge in [0.25, 0.3) is 5.91 Å². The van der Waals surface area contributed by atoms with Gasteiger partial charge >= 0.3 is 0 Å². The number of hydrogen-bond donors (Lipinski definition) is 3. The third-order valence-electron chi connectivity index (χ3n) is 4.37. The van der Waals surface area contributed by atoms with Crippen LogP contribution >= 0.6 is 11.6 Å². The van der Waals surface area contributed by atoms with Gasteiger partial charge in [-0.15, -0.1) is 0 Å². The Bertz CT molecular complexity index is 1030. The Hall–Kier alpha value is -3.21. The molecule has 1 fully saturated rings. The van der Waals surface area contributed by atoms with E-state index in [1.54, 1.807) is 22.0 Å². The number of rotatable bonds is 6. The molecule has 31 heavy (non-hydrogen) atoms. The Morgan fingerprint density at radius 3 is 2.87 bits per heavy atom. The zero-order valence-corrected chi connectivity index (χ0v) is 18.0. The van der Waals surface area contributed by atoms with E-state index >= 15 is 0 Å². The highest BCUT2D eigenvalue weighted by atomic mass is 35.5. The van der Waals surface area contributed by atoms with E-state index < -0.39 is 0 Å². The molecule has 10 nitrogen and oxygen atoms in total. The summed E-state index contributed by atoms with van der Waals surface area (Å²) in [5.41, 5.74) is 2.63. The molecule has 3 aromatic rings. The van der Waals surface area contributed by atoms with E-state index in [4.69, 9.17) is 21.4 Å². The van der Waals surface area contributed by atoms with Gasteiger partial charge in [0.05, 0.1) is 24.7 Å².